The average Bonchev–Trinajstić information content (AvgIpc) is 2.46. The van der Waals surface area contributed by atoms with E-state index in [1.165, 1.54) is 5.56 Å². The second kappa shape index (κ2) is 6.15. The number of carbonyl (C=O) groups excluding carboxylic acids is 1. The SMILES string of the molecule is C[C@@H](CCc1ccccc1)C(=O)c1ccccc1. The highest BCUT2D eigenvalue weighted by Gasteiger charge is 2.14. The summed E-state index contributed by atoms with van der Waals surface area (Å²) in [5.74, 6) is 0.319. The standard InChI is InChI=1S/C17H18O/c1-14(12-13-15-8-4-2-5-9-15)17(18)16-10-6-3-7-11-16/h2-11,14H,12-13H2,1H3/t14-/m0/s1. The fourth-order valence-electron chi connectivity index (χ4n) is 2.05. The van der Waals surface area contributed by atoms with Gasteiger partial charge in [-0.25, -0.2) is 0 Å². The van der Waals surface area contributed by atoms with Crippen LogP contribution in [0.15, 0.2) is 60.7 Å². The van der Waals surface area contributed by atoms with Gasteiger partial charge in [0.1, 0.15) is 0 Å². The van der Waals surface area contributed by atoms with Gasteiger partial charge in [0, 0.05) is 11.5 Å². The van der Waals surface area contributed by atoms with Crippen molar-refractivity contribution in [1.29, 1.82) is 0 Å². The highest BCUT2D eigenvalue weighted by molar-refractivity contribution is 5.97. The van der Waals surface area contributed by atoms with Crippen LogP contribution in [-0.4, -0.2) is 5.78 Å². The first-order chi connectivity index (χ1) is 8.77. The van der Waals surface area contributed by atoms with Gasteiger partial charge in [0.2, 0.25) is 0 Å². The predicted molar refractivity (Wildman–Crippen MR) is 74.7 cm³/mol. The molecule has 0 unspecified atom stereocenters. The first-order valence-electron chi connectivity index (χ1n) is 6.40. The number of aryl methyl sites for hydroxylation is 1. The second-order valence-electron chi connectivity index (χ2n) is 4.66. The maximum Gasteiger partial charge on any atom is 0.165 e. The summed E-state index contributed by atoms with van der Waals surface area (Å²) < 4.78 is 0. The van der Waals surface area contributed by atoms with E-state index < -0.39 is 0 Å². The summed E-state index contributed by atoms with van der Waals surface area (Å²) in [7, 11) is 0. The summed E-state index contributed by atoms with van der Waals surface area (Å²) in [5.41, 5.74) is 2.11. The Morgan fingerprint density at radius 3 is 2.11 bits per heavy atom. The Kier molecular flexibility index (Phi) is 4.30. The Morgan fingerprint density at radius 2 is 1.50 bits per heavy atom. The average molecular weight is 238 g/mol. The third-order valence-electron chi connectivity index (χ3n) is 3.21. The molecule has 0 heterocycles. The second-order valence-corrected chi connectivity index (χ2v) is 4.66. The van der Waals surface area contributed by atoms with Crippen molar-refractivity contribution in [2.24, 2.45) is 5.92 Å². The van der Waals surface area contributed by atoms with Crippen molar-refractivity contribution in [3.8, 4) is 0 Å². The molecule has 1 heteroatoms. The number of ketones is 1. The molecule has 0 bridgehead atoms. The maximum atomic E-state index is 12.2. The Labute approximate surface area is 108 Å². The zero-order chi connectivity index (χ0) is 12.8. The van der Waals surface area contributed by atoms with Crippen LogP contribution in [0.25, 0.3) is 0 Å². The molecule has 0 saturated heterocycles. The van der Waals surface area contributed by atoms with E-state index in [0.29, 0.717) is 0 Å². The van der Waals surface area contributed by atoms with Crippen molar-refractivity contribution < 1.29 is 4.79 Å². The first kappa shape index (κ1) is 12.6. The van der Waals surface area contributed by atoms with Crippen LogP contribution in [0.1, 0.15) is 29.3 Å². The van der Waals surface area contributed by atoms with Crippen LogP contribution in [-0.2, 0) is 6.42 Å². The molecule has 0 aliphatic heterocycles. The molecule has 0 N–H and O–H groups in total. The fourth-order valence-corrected chi connectivity index (χ4v) is 2.05. The molecule has 0 spiro atoms. The monoisotopic (exact) mass is 238 g/mol. The fraction of sp³-hybridized carbons (Fsp3) is 0.235. The van der Waals surface area contributed by atoms with Crippen molar-refractivity contribution in [3.63, 3.8) is 0 Å². The molecule has 1 nitrogen and oxygen atoms in total. The van der Waals surface area contributed by atoms with Crippen LogP contribution in [0.5, 0.6) is 0 Å². The van der Waals surface area contributed by atoms with E-state index in [1.807, 2.05) is 55.5 Å². The number of carbonyl (C=O) groups is 1. The lowest BCUT2D eigenvalue weighted by Crippen LogP contribution is -2.12. The first-order valence-corrected chi connectivity index (χ1v) is 6.40. The molecule has 0 amide bonds. The van der Waals surface area contributed by atoms with Crippen molar-refractivity contribution in [1.82, 2.24) is 0 Å². The Balaban J connectivity index is 1.93. The van der Waals surface area contributed by atoms with Gasteiger partial charge in [0.15, 0.2) is 5.78 Å². The van der Waals surface area contributed by atoms with Crippen molar-refractivity contribution in [2.75, 3.05) is 0 Å². The Hall–Kier alpha value is -1.89. The molecule has 2 aromatic rings. The summed E-state index contributed by atoms with van der Waals surface area (Å²) in [5, 5.41) is 0. The van der Waals surface area contributed by atoms with Crippen LogP contribution in [0.4, 0.5) is 0 Å². The number of hydrogen-bond acceptors (Lipinski definition) is 1. The van der Waals surface area contributed by atoms with Crippen LogP contribution in [0, 0.1) is 5.92 Å². The third kappa shape index (κ3) is 3.30. The smallest absolute Gasteiger partial charge is 0.165 e. The molecule has 0 aliphatic rings. The lowest BCUT2D eigenvalue weighted by atomic mass is 9.93. The maximum absolute atomic E-state index is 12.2. The van der Waals surface area contributed by atoms with E-state index in [2.05, 4.69) is 12.1 Å². The molecule has 0 aliphatic carbocycles. The number of hydrogen-bond donors (Lipinski definition) is 0. The Bertz CT molecular complexity index is 488. The molecule has 2 rings (SSSR count). The number of Topliss-reactive ketones (excluding diaryl/α,β-unsaturated/α-hetero) is 1. The van der Waals surface area contributed by atoms with E-state index in [9.17, 15) is 4.79 Å². The van der Waals surface area contributed by atoms with Crippen LogP contribution < -0.4 is 0 Å². The van der Waals surface area contributed by atoms with E-state index in [-0.39, 0.29) is 11.7 Å². The minimum atomic E-state index is 0.0765. The summed E-state index contributed by atoms with van der Waals surface area (Å²) in [6.07, 6.45) is 1.86. The number of benzene rings is 2. The molecule has 1 atom stereocenters. The number of rotatable bonds is 5. The lowest BCUT2D eigenvalue weighted by Gasteiger charge is -2.10. The highest BCUT2D eigenvalue weighted by atomic mass is 16.1. The minimum absolute atomic E-state index is 0.0765. The zero-order valence-electron chi connectivity index (χ0n) is 10.7. The molecule has 18 heavy (non-hydrogen) atoms. The predicted octanol–water partition coefficient (Wildman–Crippen LogP) is 4.14. The summed E-state index contributed by atoms with van der Waals surface area (Å²) in [4.78, 5) is 12.2. The van der Waals surface area contributed by atoms with Gasteiger partial charge in [0.05, 0.1) is 0 Å². The van der Waals surface area contributed by atoms with Crippen LogP contribution in [0.3, 0.4) is 0 Å². The molecule has 2 aromatic carbocycles. The molecule has 0 radical (unpaired) electrons. The van der Waals surface area contributed by atoms with Crippen molar-refractivity contribution in [3.05, 3.63) is 71.8 Å². The normalized spacial score (nSPS) is 12.1. The highest BCUT2D eigenvalue weighted by Crippen LogP contribution is 2.15. The molecule has 0 aromatic heterocycles. The van der Waals surface area contributed by atoms with E-state index in [0.717, 1.165) is 18.4 Å². The molecular weight excluding hydrogens is 220 g/mol. The van der Waals surface area contributed by atoms with Gasteiger partial charge in [-0.3, -0.25) is 4.79 Å². The topological polar surface area (TPSA) is 17.1 Å². The van der Waals surface area contributed by atoms with Gasteiger partial charge in [-0.05, 0) is 18.4 Å². The van der Waals surface area contributed by atoms with E-state index in [4.69, 9.17) is 0 Å². The molecule has 0 saturated carbocycles. The van der Waals surface area contributed by atoms with E-state index >= 15 is 0 Å². The summed E-state index contributed by atoms with van der Waals surface area (Å²) in [6.45, 7) is 2.01. The Morgan fingerprint density at radius 1 is 0.944 bits per heavy atom. The van der Waals surface area contributed by atoms with Gasteiger partial charge >= 0.3 is 0 Å². The molecule has 92 valence electrons. The van der Waals surface area contributed by atoms with Crippen LogP contribution in [0.2, 0.25) is 0 Å². The molecular formula is C17H18O. The zero-order valence-corrected chi connectivity index (χ0v) is 10.7. The van der Waals surface area contributed by atoms with Gasteiger partial charge in [-0.1, -0.05) is 67.6 Å². The third-order valence-corrected chi connectivity index (χ3v) is 3.21. The van der Waals surface area contributed by atoms with Crippen LogP contribution >= 0.6 is 0 Å². The van der Waals surface area contributed by atoms with Gasteiger partial charge in [0.25, 0.3) is 0 Å². The molecule has 0 fully saturated rings. The van der Waals surface area contributed by atoms with Gasteiger partial charge in [-0.15, -0.1) is 0 Å². The van der Waals surface area contributed by atoms with Crippen molar-refractivity contribution in [2.45, 2.75) is 19.8 Å². The van der Waals surface area contributed by atoms with Gasteiger partial charge < -0.3 is 0 Å². The van der Waals surface area contributed by atoms with E-state index in [1.54, 1.807) is 0 Å². The van der Waals surface area contributed by atoms with Crippen molar-refractivity contribution >= 4 is 5.78 Å². The van der Waals surface area contributed by atoms with Gasteiger partial charge in [-0.2, -0.15) is 0 Å². The quantitative estimate of drug-likeness (QED) is 0.715. The summed E-state index contributed by atoms with van der Waals surface area (Å²) in [6, 6.07) is 19.9. The summed E-state index contributed by atoms with van der Waals surface area (Å²) >= 11 is 0. The minimum Gasteiger partial charge on any atom is -0.294 e. The lowest BCUT2D eigenvalue weighted by molar-refractivity contribution is 0.0924. The largest absolute Gasteiger partial charge is 0.294 e.